The summed E-state index contributed by atoms with van der Waals surface area (Å²) in [6.45, 7) is 2.53. The van der Waals surface area contributed by atoms with E-state index in [1.165, 1.54) is 40.0 Å². The van der Waals surface area contributed by atoms with Crippen LogP contribution in [0.1, 0.15) is 39.9 Å². The van der Waals surface area contributed by atoms with Crippen molar-refractivity contribution in [3.8, 4) is 0 Å². The summed E-state index contributed by atoms with van der Waals surface area (Å²) in [5.74, 6) is 0.395. The molecule has 0 aliphatic heterocycles. The van der Waals surface area contributed by atoms with Crippen LogP contribution in [0.3, 0.4) is 0 Å². The number of carbonyl (C=O) groups excluding carboxylic acids is 1. The van der Waals surface area contributed by atoms with E-state index in [0.29, 0.717) is 17.5 Å². The van der Waals surface area contributed by atoms with Crippen molar-refractivity contribution in [1.82, 2.24) is 9.55 Å². The largest absolute Gasteiger partial charge is 0.292 e. The smallest absolute Gasteiger partial charge is 0.263 e. The molecule has 1 aliphatic rings. The van der Waals surface area contributed by atoms with Crippen molar-refractivity contribution in [1.29, 1.82) is 0 Å². The van der Waals surface area contributed by atoms with E-state index < -0.39 is 0 Å². The number of hydrogen-bond acceptors (Lipinski definition) is 6. The quantitative estimate of drug-likeness (QED) is 0.368. The summed E-state index contributed by atoms with van der Waals surface area (Å²) >= 11 is 4.48. The number of aryl methyl sites for hydroxylation is 2. The summed E-state index contributed by atoms with van der Waals surface area (Å²) in [5.41, 5.74) is 1.27. The van der Waals surface area contributed by atoms with E-state index in [0.717, 1.165) is 34.4 Å². The van der Waals surface area contributed by atoms with E-state index >= 15 is 0 Å². The molecule has 0 radical (unpaired) electrons. The fraction of sp³-hybridized carbons (Fsp3) is 0.389. The molecule has 0 N–H and O–H groups in total. The highest BCUT2D eigenvalue weighted by atomic mass is 32.2. The lowest BCUT2D eigenvalue weighted by Crippen LogP contribution is -2.23. The molecule has 0 atom stereocenters. The van der Waals surface area contributed by atoms with Crippen LogP contribution in [-0.4, -0.2) is 21.1 Å². The van der Waals surface area contributed by atoms with E-state index in [1.54, 1.807) is 15.9 Å². The Morgan fingerprint density at radius 3 is 2.96 bits per heavy atom. The summed E-state index contributed by atoms with van der Waals surface area (Å²) < 4.78 is 1.72. The number of Topliss-reactive ketones (excluding diaryl/α,β-unsaturated/α-hetero) is 1. The first-order chi connectivity index (χ1) is 12.2. The minimum Gasteiger partial charge on any atom is -0.292 e. The van der Waals surface area contributed by atoms with Gasteiger partial charge >= 0.3 is 0 Å². The van der Waals surface area contributed by atoms with Crippen molar-refractivity contribution < 1.29 is 4.79 Å². The van der Waals surface area contributed by atoms with Gasteiger partial charge in [0.15, 0.2) is 10.9 Å². The van der Waals surface area contributed by atoms with Crippen LogP contribution in [0.25, 0.3) is 10.2 Å². The normalized spacial score (nSPS) is 14.0. The fourth-order valence-electron chi connectivity index (χ4n) is 3.25. The molecule has 0 fully saturated rings. The lowest BCUT2D eigenvalue weighted by Gasteiger charge is -2.12. The Morgan fingerprint density at radius 2 is 2.20 bits per heavy atom. The zero-order valence-electron chi connectivity index (χ0n) is 13.9. The molecule has 3 heterocycles. The maximum atomic E-state index is 13.0. The average molecular weight is 391 g/mol. The molecule has 4 nitrogen and oxygen atoms in total. The van der Waals surface area contributed by atoms with Crippen LogP contribution >= 0.6 is 34.4 Å². The van der Waals surface area contributed by atoms with Gasteiger partial charge < -0.3 is 0 Å². The average Bonchev–Trinajstić information content (AvgIpc) is 3.27. The van der Waals surface area contributed by atoms with E-state index in [2.05, 4.69) is 0 Å². The lowest BCUT2D eigenvalue weighted by atomic mass is 9.97. The van der Waals surface area contributed by atoms with E-state index in [1.807, 2.05) is 24.4 Å². The molecular formula is C18H18N2O2S3. The Morgan fingerprint density at radius 1 is 1.36 bits per heavy atom. The van der Waals surface area contributed by atoms with E-state index in [-0.39, 0.29) is 11.3 Å². The van der Waals surface area contributed by atoms with Crippen LogP contribution < -0.4 is 5.56 Å². The highest BCUT2D eigenvalue weighted by Gasteiger charge is 2.22. The molecule has 25 heavy (non-hydrogen) atoms. The predicted octanol–water partition coefficient (Wildman–Crippen LogP) is 4.39. The molecule has 0 saturated carbocycles. The van der Waals surface area contributed by atoms with Gasteiger partial charge in [0.2, 0.25) is 0 Å². The standard InChI is InChI=1S/C18H18N2O2S3/c1-2-20-17(22)15-11-6-3-4-7-13(11)25-16(15)19-18(20)24-10-12(21)14-8-5-9-23-14/h5,8-9H,2-4,6-7,10H2,1H3. The maximum absolute atomic E-state index is 13.0. The summed E-state index contributed by atoms with van der Waals surface area (Å²) in [6.07, 6.45) is 4.38. The van der Waals surface area contributed by atoms with Crippen molar-refractivity contribution in [2.24, 2.45) is 0 Å². The number of thioether (sulfide) groups is 1. The Balaban J connectivity index is 1.71. The van der Waals surface area contributed by atoms with E-state index in [9.17, 15) is 9.59 Å². The number of nitrogens with zero attached hydrogens (tertiary/aromatic N) is 2. The van der Waals surface area contributed by atoms with Gasteiger partial charge in [-0.15, -0.1) is 22.7 Å². The molecule has 130 valence electrons. The number of rotatable bonds is 5. The van der Waals surface area contributed by atoms with Crippen LogP contribution in [0.5, 0.6) is 0 Å². The molecule has 0 saturated heterocycles. The third-order valence-corrected chi connectivity index (χ3v) is 7.56. The number of thiophene rings is 2. The van der Waals surface area contributed by atoms with Crippen LogP contribution in [0.4, 0.5) is 0 Å². The second-order valence-electron chi connectivity index (χ2n) is 6.02. The number of aromatic nitrogens is 2. The highest BCUT2D eigenvalue weighted by Crippen LogP contribution is 2.34. The molecule has 4 rings (SSSR count). The SMILES string of the molecule is CCn1c(SCC(=O)c2cccs2)nc2sc3c(c2c1=O)CCCC3. The van der Waals surface area contributed by atoms with Gasteiger partial charge in [0.25, 0.3) is 5.56 Å². The summed E-state index contributed by atoms with van der Waals surface area (Å²) in [7, 11) is 0. The molecule has 0 amide bonds. The third kappa shape index (κ3) is 3.09. The van der Waals surface area contributed by atoms with Crippen LogP contribution in [0, 0.1) is 0 Å². The van der Waals surface area contributed by atoms with Gasteiger partial charge in [0, 0.05) is 11.4 Å². The first kappa shape index (κ1) is 17.0. The fourth-order valence-corrected chi connectivity index (χ4v) is 6.25. The summed E-state index contributed by atoms with van der Waals surface area (Å²) in [5, 5.41) is 3.37. The topological polar surface area (TPSA) is 52.0 Å². The molecular weight excluding hydrogens is 372 g/mol. The van der Waals surface area contributed by atoms with Gasteiger partial charge in [0.05, 0.1) is 16.0 Å². The van der Waals surface area contributed by atoms with E-state index in [4.69, 9.17) is 4.98 Å². The molecule has 1 aliphatic carbocycles. The maximum Gasteiger partial charge on any atom is 0.263 e. The molecule has 0 unspecified atom stereocenters. The van der Waals surface area contributed by atoms with Gasteiger partial charge in [-0.25, -0.2) is 4.98 Å². The molecule has 0 spiro atoms. The Hall–Kier alpha value is -1.44. The zero-order chi connectivity index (χ0) is 17.4. The van der Waals surface area contributed by atoms with Gasteiger partial charge in [-0.1, -0.05) is 17.8 Å². The molecule has 0 bridgehead atoms. The Kier molecular flexibility index (Phi) is 4.80. The van der Waals surface area contributed by atoms with Gasteiger partial charge in [-0.2, -0.15) is 0 Å². The first-order valence-electron chi connectivity index (χ1n) is 8.43. The second kappa shape index (κ2) is 7.05. The molecule has 3 aromatic heterocycles. The second-order valence-corrected chi connectivity index (χ2v) is 9.00. The van der Waals surface area contributed by atoms with Gasteiger partial charge in [0.1, 0.15) is 4.83 Å². The van der Waals surface area contributed by atoms with Crippen molar-refractivity contribution in [3.05, 3.63) is 43.2 Å². The highest BCUT2D eigenvalue weighted by molar-refractivity contribution is 7.99. The zero-order valence-corrected chi connectivity index (χ0v) is 16.4. The lowest BCUT2D eigenvalue weighted by molar-refractivity contribution is 0.102. The first-order valence-corrected chi connectivity index (χ1v) is 11.1. The van der Waals surface area contributed by atoms with Crippen LogP contribution in [0.2, 0.25) is 0 Å². The minimum atomic E-state index is 0.0537. The van der Waals surface area contributed by atoms with Crippen molar-refractivity contribution in [3.63, 3.8) is 0 Å². The van der Waals surface area contributed by atoms with Crippen LogP contribution in [-0.2, 0) is 19.4 Å². The molecule has 0 aromatic carbocycles. The summed E-state index contributed by atoms with van der Waals surface area (Å²) in [6, 6.07) is 3.72. The van der Waals surface area contributed by atoms with Crippen molar-refractivity contribution >= 4 is 50.4 Å². The Bertz CT molecular complexity index is 986. The van der Waals surface area contributed by atoms with Gasteiger partial charge in [-0.05, 0) is 49.6 Å². The van der Waals surface area contributed by atoms with Gasteiger partial charge in [-0.3, -0.25) is 14.2 Å². The monoisotopic (exact) mass is 390 g/mol. The predicted molar refractivity (Wildman–Crippen MR) is 106 cm³/mol. The molecule has 3 aromatic rings. The van der Waals surface area contributed by atoms with Crippen LogP contribution in [0.15, 0.2) is 27.5 Å². The third-order valence-electron chi connectivity index (χ3n) is 4.48. The number of fused-ring (bicyclic) bond motifs is 3. The summed E-state index contributed by atoms with van der Waals surface area (Å²) in [4.78, 5) is 33.0. The molecule has 7 heteroatoms. The van der Waals surface area contributed by atoms with Crippen molar-refractivity contribution in [2.45, 2.75) is 44.3 Å². The minimum absolute atomic E-state index is 0.0537. The number of ketones is 1. The Labute approximate surface area is 157 Å². The number of carbonyl (C=O) groups is 1. The van der Waals surface area contributed by atoms with Crippen molar-refractivity contribution in [2.75, 3.05) is 5.75 Å². The number of hydrogen-bond donors (Lipinski definition) is 0.